The first-order chi connectivity index (χ1) is 9.52. The van der Waals surface area contributed by atoms with Crippen LogP contribution in [0.25, 0.3) is 0 Å². The Kier molecular flexibility index (Phi) is 7.60. The highest BCUT2D eigenvalue weighted by atomic mass is 19.1. The van der Waals surface area contributed by atoms with Crippen molar-refractivity contribution in [2.45, 2.75) is 40.0 Å². The molecular weight excluding hydrogens is 253 g/mol. The van der Waals surface area contributed by atoms with Gasteiger partial charge in [0, 0.05) is 0 Å². The number of hydrogen-bond acceptors (Lipinski definition) is 2. The predicted octanol–water partition coefficient (Wildman–Crippen LogP) is 4.04. The summed E-state index contributed by atoms with van der Waals surface area (Å²) in [7, 11) is 1.49. The van der Waals surface area contributed by atoms with Crippen LogP contribution in [0.4, 0.5) is 4.39 Å². The van der Waals surface area contributed by atoms with Crippen molar-refractivity contribution in [2.75, 3.05) is 20.2 Å². The fourth-order valence-corrected chi connectivity index (χ4v) is 2.16. The summed E-state index contributed by atoms with van der Waals surface area (Å²) >= 11 is 0. The minimum Gasteiger partial charge on any atom is -0.494 e. The van der Waals surface area contributed by atoms with Gasteiger partial charge in [0.15, 0.2) is 11.6 Å². The number of aryl methyl sites for hydroxylation is 1. The van der Waals surface area contributed by atoms with Crippen LogP contribution in [0.2, 0.25) is 0 Å². The van der Waals surface area contributed by atoms with Crippen molar-refractivity contribution in [1.29, 1.82) is 0 Å². The maximum absolute atomic E-state index is 13.6. The van der Waals surface area contributed by atoms with Crippen molar-refractivity contribution >= 4 is 0 Å². The summed E-state index contributed by atoms with van der Waals surface area (Å²) in [6.07, 6.45) is 3.19. The minimum absolute atomic E-state index is 0.267. The van der Waals surface area contributed by atoms with E-state index < -0.39 is 0 Å². The zero-order chi connectivity index (χ0) is 15.0. The van der Waals surface area contributed by atoms with E-state index in [2.05, 4.69) is 26.1 Å². The lowest BCUT2D eigenvalue weighted by Crippen LogP contribution is -2.22. The van der Waals surface area contributed by atoms with Crippen LogP contribution in [0.3, 0.4) is 0 Å². The fourth-order valence-electron chi connectivity index (χ4n) is 2.16. The topological polar surface area (TPSA) is 21.3 Å². The second kappa shape index (κ2) is 8.96. The number of methoxy groups -OCH3 is 1. The summed E-state index contributed by atoms with van der Waals surface area (Å²) in [6, 6.07) is 5.24. The molecule has 0 fully saturated rings. The molecule has 2 nitrogen and oxygen atoms in total. The zero-order valence-electron chi connectivity index (χ0n) is 13.2. The van der Waals surface area contributed by atoms with Crippen molar-refractivity contribution < 1.29 is 9.13 Å². The Hall–Kier alpha value is -1.09. The Balaban J connectivity index is 2.26. The molecule has 0 amide bonds. The number of rotatable bonds is 9. The maximum Gasteiger partial charge on any atom is 0.165 e. The molecule has 0 aromatic heterocycles. The van der Waals surface area contributed by atoms with Gasteiger partial charge in [0.2, 0.25) is 0 Å². The van der Waals surface area contributed by atoms with Crippen LogP contribution in [-0.2, 0) is 6.42 Å². The third-order valence-electron chi connectivity index (χ3n) is 3.51. The van der Waals surface area contributed by atoms with Gasteiger partial charge in [0.05, 0.1) is 7.11 Å². The van der Waals surface area contributed by atoms with Gasteiger partial charge < -0.3 is 10.1 Å². The lowest BCUT2D eigenvalue weighted by molar-refractivity contribution is 0.386. The molecule has 114 valence electrons. The standard InChI is InChI=1S/C17H28FNO/c1-13(2)12-19-10-9-14(3)5-6-15-7-8-17(20-4)16(18)11-15/h7-8,11,13-14,19H,5-6,9-10,12H2,1-4H3. The summed E-state index contributed by atoms with van der Waals surface area (Å²) in [5.41, 5.74) is 1.05. The number of nitrogens with one attached hydrogen (secondary N) is 1. The van der Waals surface area contributed by atoms with E-state index in [-0.39, 0.29) is 5.82 Å². The normalized spacial score (nSPS) is 12.7. The Bertz CT molecular complexity index is 393. The second-order valence-electron chi connectivity index (χ2n) is 6.00. The molecule has 0 aliphatic carbocycles. The van der Waals surface area contributed by atoms with Gasteiger partial charge in [0.1, 0.15) is 0 Å². The van der Waals surface area contributed by atoms with Gasteiger partial charge in [-0.05, 0) is 61.9 Å². The second-order valence-corrected chi connectivity index (χ2v) is 6.00. The van der Waals surface area contributed by atoms with Gasteiger partial charge >= 0.3 is 0 Å². The lowest BCUT2D eigenvalue weighted by Gasteiger charge is -2.13. The highest BCUT2D eigenvalue weighted by Gasteiger charge is 2.06. The van der Waals surface area contributed by atoms with Gasteiger partial charge in [-0.3, -0.25) is 0 Å². The predicted molar refractivity (Wildman–Crippen MR) is 82.8 cm³/mol. The molecule has 3 heteroatoms. The van der Waals surface area contributed by atoms with Crippen LogP contribution in [-0.4, -0.2) is 20.2 Å². The molecule has 0 heterocycles. The molecule has 0 radical (unpaired) electrons. The smallest absolute Gasteiger partial charge is 0.165 e. The third kappa shape index (κ3) is 6.38. The van der Waals surface area contributed by atoms with Gasteiger partial charge in [-0.2, -0.15) is 0 Å². The molecule has 1 aromatic rings. The molecule has 0 saturated heterocycles. The van der Waals surface area contributed by atoms with Crippen LogP contribution in [0, 0.1) is 17.7 Å². The Morgan fingerprint density at radius 1 is 1.20 bits per heavy atom. The van der Waals surface area contributed by atoms with Crippen molar-refractivity contribution in [3.05, 3.63) is 29.6 Å². The first-order valence-corrected chi connectivity index (χ1v) is 7.56. The molecule has 0 bridgehead atoms. The summed E-state index contributed by atoms with van der Waals surface area (Å²) in [5.74, 6) is 1.41. The molecule has 0 saturated carbocycles. The Labute approximate surface area is 122 Å². The largest absolute Gasteiger partial charge is 0.494 e. The molecular formula is C17H28FNO. The first kappa shape index (κ1) is 17.0. The molecule has 0 spiro atoms. The van der Waals surface area contributed by atoms with E-state index in [1.165, 1.54) is 13.5 Å². The lowest BCUT2D eigenvalue weighted by atomic mass is 9.98. The number of benzene rings is 1. The molecule has 1 unspecified atom stereocenters. The Morgan fingerprint density at radius 3 is 2.55 bits per heavy atom. The third-order valence-corrected chi connectivity index (χ3v) is 3.51. The molecule has 0 aliphatic rings. The van der Waals surface area contributed by atoms with E-state index in [0.717, 1.165) is 31.5 Å². The summed E-state index contributed by atoms with van der Waals surface area (Å²) in [5, 5.41) is 3.46. The van der Waals surface area contributed by atoms with E-state index in [1.807, 2.05) is 6.07 Å². The molecule has 0 aliphatic heterocycles. The minimum atomic E-state index is -0.267. The first-order valence-electron chi connectivity index (χ1n) is 7.56. The van der Waals surface area contributed by atoms with E-state index in [1.54, 1.807) is 12.1 Å². The van der Waals surface area contributed by atoms with Crippen LogP contribution < -0.4 is 10.1 Å². The Morgan fingerprint density at radius 2 is 1.95 bits per heavy atom. The average Bonchev–Trinajstić information content (AvgIpc) is 2.41. The van der Waals surface area contributed by atoms with Gasteiger partial charge in [-0.1, -0.05) is 26.8 Å². The number of halogens is 1. The average molecular weight is 281 g/mol. The monoisotopic (exact) mass is 281 g/mol. The SMILES string of the molecule is COc1ccc(CCC(C)CCNCC(C)C)cc1F. The molecule has 1 aromatic carbocycles. The zero-order valence-corrected chi connectivity index (χ0v) is 13.2. The van der Waals surface area contributed by atoms with Crippen molar-refractivity contribution in [1.82, 2.24) is 5.32 Å². The van der Waals surface area contributed by atoms with E-state index in [0.29, 0.717) is 17.6 Å². The maximum atomic E-state index is 13.6. The quantitative estimate of drug-likeness (QED) is 0.690. The molecule has 1 rings (SSSR count). The number of hydrogen-bond donors (Lipinski definition) is 1. The van der Waals surface area contributed by atoms with Gasteiger partial charge in [-0.15, -0.1) is 0 Å². The summed E-state index contributed by atoms with van der Waals surface area (Å²) < 4.78 is 18.5. The van der Waals surface area contributed by atoms with Crippen molar-refractivity contribution in [3.8, 4) is 5.75 Å². The number of ether oxygens (including phenoxy) is 1. The van der Waals surface area contributed by atoms with E-state index >= 15 is 0 Å². The van der Waals surface area contributed by atoms with Crippen molar-refractivity contribution in [3.63, 3.8) is 0 Å². The fraction of sp³-hybridized carbons (Fsp3) is 0.647. The van der Waals surface area contributed by atoms with Crippen LogP contribution in [0.1, 0.15) is 39.2 Å². The van der Waals surface area contributed by atoms with Crippen LogP contribution >= 0.6 is 0 Å². The highest BCUT2D eigenvalue weighted by molar-refractivity contribution is 5.29. The van der Waals surface area contributed by atoms with Gasteiger partial charge in [0.25, 0.3) is 0 Å². The summed E-state index contributed by atoms with van der Waals surface area (Å²) in [4.78, 5) is 0. The van der Waals surface area contributed by atoms with Gasteiger partial charge in [-0.25, -0.2) is 4.39 Å². The van der Waals surface area contributed by atoms with E-state index in [9.17, 15) is 4.39 Å². The molecule has 20 heavy (non-hydrogen) atoms. The van der Waals surface area contributed by atoms with Crippen molar-refractivity contribution in [2.24, 2.45) is 11.8 Å². The van der Waals surface area contributed by atoms with E-state index in [4.69, 9.17) is 4.74 Å². The van der Waals surface area contributed by atoms with Crippen LogP contribution in [0.5, 0.6) is 5.75 Å². The molecule has 1 N–H and O–H groups in total. The highest BCUT2D eigenvalue weighted by Crippen LogP contribution is 2.20. The summed E-state index contributed by atoms with van der Waals surface area (Å²) in [6.45, 7) is 8.84. The van der Waals surface area contributed by atoms with Crippen LogP contribution in [0.15, 0.2) is 18.2 Å². The molecule has 1 atom stereocenters.